The first-order valence-electron chi connectivity index (χ1n) is 11.7. The number of anilines is 1. The molecule has 8 nitrogen and oxygen atoms in total. The fourth-order valence-electron chi connectivity index (χ4n) is 4.50. The summed E-state index contributed by atoms with van der Waals surface area (Å²) in [6, 6.07) is 11.6. The fraction of sp³-hybridized carbons (Fsp3) is 0.346. The van der Waals surface area contributed by atoms with Gasteiger partial charge in [-0.05, 0) is 37.6 Å². The summed E-state index contributed by atoms with van der Waals surface area (Å²) in [4.78, 5) is 17.7. The number of nitrogens with one attached hydrogen (secondary N) is 1. The molecule has 0 saturated heterocycles. The van der Waals surface area contributed by atoms with Crippen LogP contribution in [0.3, 0.4) is 0 Å². The molecule has 0 saturated carbocycles. The number of aryl methyl sites for hydroxylation is 1. The molecule has 1 atom stereocenters. The summed E-state index contributed by atoms with van der Waals surface area (Å²) in [7, 11) is 3.28. The number of nitrogens with zero attached hydrogens (tertiary/aromatic N) is 3. The number of carbonyl (C=O) groups is 1. The molecule has 182 valence electrons. The summed E-state index contributed by atoms with van der Waals surface area (Å²) in [6.07, 6.45) is 2.27. The molecule has 0 bridgehead atoms. The van der Waals surface area contributed by atoms with E-state index in [0.717, 1.165) is 45.6 Å². The first-order valence-corrected chi connectivity index (χ1v) is 12.5. The van der Waals surface area contributed by atoms with E-state index >= 15 is 0 Å². The van der Waals surface area contributed by atoms with Gasteiger partial charge in [-0.2, -0.15) is 9.78 Å². The maximum Gasteiger partial charge on any atom is 0.226 e. The van der Waals surface area contributed by atoms with Gasteiger partial charge in [0.15, 0.2) is 11.5 Å². The van der Waals surface area contributed by atoms with Crippen molar-refractivity contribution in [1.29, 1.82) is 0 Å². The molecule has 0 aliphatic carbocycles. The van der Waals surface area contributed by atoms with Gasteiger partial charge in [-0.3, -0.25) is 4.79 Å². The summed E-state index contributed by atoms with van der Waals surface area (Å²) in [5.74, 6) is 2.48. The number of rotatable bonds is 8. The van der Waals surface area contributed by atoms with Gasteiger partial charge in [0.05, 0.1) is 36.7 Å². The van der Waals surface area contributed by atoms with Crippen LogP contribution in [0.1, 0.15) is 48.9 Å². The second-order valence-electron chi connectivity index (χ2n) is 8.48. The molecule has 2 aromatic heterocycles. The lowest BCUT2D eigenvalue weighted by Crippen LogP contribution is -2.25. The van der Waals surface area contributed by atoms with Gasteiger partial charge in [-0.25, -0.2) is 4.98 Å². The first-order chi connectivity index (χ1) is 17.0. The lowest BCUT2D eigenvalue weighted by Gasteiger charge is -2.26. The molecule has 35 heavy (non-hydrogen) atoms. The molecule has 1 amide bonds. The summed E-state index contributed by atoms with van der Waals surface area (Å²) in [5.41, 5.74) is 3.58. The Morgan fingerprint density at radius 1 is 1.20 bits per heavy atom. The second-order valence-corrected chi connectivity index (χ2v) is 9.48. The summed E-state index contributed by atoms with van der Waals surface area (Å²) >= 11 is 1.50. The molecule has 0 radical (unpaired) electrons. The number of methoxy groups -OCH3 is 2. The Kier molecular flexibility index (Phi) is 6.34. The van der Waals surface area contributed by atoms with Gasteiger partial charge in [-0.15, -0.1) is 0 Å². The molecule has 2 aromatic carbocycles. The van der Waals surface area contributed by atoms with Gasteiger partial charge in [0, 0.05) is 23.5 Å². The predicted octanol–water partition coefficient (Wildman–Crippen LogP) is 5.46. The van der Waals surface area contributed by atoms with Crippen LogP contribution in [0.25, 0.3) is 15.3 Å². The summed E-state index contributed by atoms with van der Waals surface area (Å²) in [5, 5.41) is 8.53. The van der Waals surface area contributed by atoms with E-state index in [1.54, 1.807) is 18.9 Å². The van der Waals surface area contributed by atoms with Crippen LogP contribution in [0.2, 0.25) is 0 Å². The van der Waals surface area contributed by atoms with E-state index in [-0.39, 0.29) is 11.8 Å². The molecule has 1 aliphatic rings. The van der Waals surface area contributed by atoms with Crippen LogP contribution in [0.4, 0.5) is 5.82 Å². The van der Waals surface area contributed by atoms with Crippen molar-refractivity contribution in [3.05, 3.63) is 53.2 Å². The third kappa shape index (κ3) is 4.20. The van der Waals surface area contributed by atoms with Gasteiger partial charge in [-0.1, -0.05) is 36.8 Å². The van der Waals surface area contributed by atoms with Crippen molar-refractivity contribution in [3.8, 4) is 22.4 Å². The summed E-state index contributed by atoms with van der Waals surface area (Å²) < 4.78 is 19.9. The maximum atomic E-state index is 12.9. The van der Waals surface area contributed by atoms with Crippen molar-refractivity contribution in [2.45, 2.75) is 39.0 Å². The topological polar surface area (TPSA) is 87.5 Å². The Balaban J connectivity index is 1.62. The molecular weight excluding hydrogens is 464 g/mol. The Labute approximate surface area is 207 Å². The number of ether oxygens (including phenoxy) is 3. The van der Waals surface area contributed by atoms with Crippen LogP contribution in [0.5, 0.6) is 17.2 Å². The van der Waals surface area contributed by atoms with Crippen LogP contribution in [-0.4, -0.2) is 41.5 Å². The summed E-state index contributed by atoms with van der Waals surface area (Å²) in [6.45, 7) is 4.68. The molecule has 0 fully saturated rings. The molecule has 0 unspecified atom stereocenters. The molecule has 1 N–H and O–H groups in total. The zero-order chi connectivity index (χ0) is 24.5. The highest BCUT2D eigenvalue weighted by Gasteiger charge is 2.35. The van der Waals surface area contributed by atoms with Crippen LogP contribution >= 0.6 is 11.3 Å². The molecular formula is C26H28N4O4S. The standard InChI is InChI=1S/C26H28N4O4S/c1-5-6-12-34-24-17(8-7-9-20(24)33-4)18-14-22(31)28-25-23(18)15(2)29-30(25)26-27-19-11-10-16(32-3)13-21(19)35-26/h7-11,13,18H,5-6,12,14H2,1-4H3,(H,28,31)/t18-/m0/s1. The number of hydrogen-bond donors (Lipinski definition) is 1. The van der Waals surface area contributed by atoms with Crippen LogP contribution in [-0.2, 0) is 4.79 Å². The highest BCUT2D eigenvalue weighted by atomic mass is 32.1. The molecule has 1 aliphatic heterocycles. The number of carbonyl (C=O) groups excluding carboxylic acids is 1. The van der Waals surface area contributed by atoms with Crippen LogP contribution < -0.4 is 19.5 Å². The molecule has 9 heteroatoms. The van der Waals surface area contributed by atoms with Crippen molar-refractivity contribution in [1.82, 2.24) is 14.8 Å². The number of fused-ring (bicyclic) bond motifs is 2. The van der Waals surface area contributed by atoms with E-state index in [4.69, 9.17) is 24.3 Å². The lowest BCUT2D eigenvalue weighted by molar-refractivity contribution is -0.116. The minimum Gasteiger partial charge on any atom is -0.497 e. The minimum absolute atomic E-state index is 0.0752. The molecule has 4 aromatic rings. The third-order valence-corrected chi connectivity index (χ3v) is 7.21. The van der Waals surface area contributed by atoms with Crippen molar-refractivity contribution >= 4 is 33.3 Å². The van der Waals surface area contributed by atoms with E-state index in [1.807, 2.05) is 43.3 Å². The zero-order valence-corrected chi connectivity index (χ0v) is 21.1. The van der Waals surface area contributed by atoms with Crippen LogP contribution in [0.15, 0.2) is 36.4 Å². The van der Waals surface area contributed by atoms with Gasteiger partial charge < -0.3 is 19.5 Å². The highest BCUT2D eigenvalue weighted by molar-refractivity contribution is 7.20. The number of hydrogen-bond acceptors (Lipinski definition) is 7. The first kappa shape index (κ1) is 23.2. The van der Waals surface area contributed by atoms with Crippen molar-refractivity contribution in [3.63, 3.8) is 0 Å². The molecule has 5 rings (SSSR count). The number of para-hydroxylation sites is 1. The Hall–Kier alpha value is -3.59. The van der Waals surface area contributed by atoms with Gasteiger partial charge in [0.1, 0.15) is 11.6 Å². The number of unbranched alkanes of at least 4 members (excludes halogenated alkanes) is 1. The normalized spacial score (nSPS) is 15.1. The Bertz CT molecular complexity index is 1390. The Morgan fingerprint density at radius 2 is 2.06 bits per heavy atom. The number of aromatic nitrogens is 3. The number of amides is 1. The number of thiazole rings is 1. The van der Waals surface area contributed by atoms with Gasteiger partial charge in [0.25, 0.3) is 0 Å². The van der Waals surface area contributed by atoms with Crippen molar-refractivity contribution in [2.24, 2.45) is 0 Å². The number of benzene rings is 2. The van der Waals surface area contributed by atoms with E-state index in [2.05, 4.69) is 12.2 Å². The van der Waals surface area contributed by atoms with E-state index < -0.39 is 0 Å². The average molecular weight is 493 g/mol. The quantitative estimate of drug-likeness (QED) is 0.329. The van der Waals surface area contributed by atoms with E-state index in [0.29, 0.717) is 35.5 Å². The fourth-order valence-corrected chi connectivity index (χ4v) is 5.46. The minimum atomic E-state index is -0.214. The predicted molar refractivity (Wildman–Crippen MR) is 137 cm³/mol. The molecule has 0 spiro atoms. The third-order valence-electron chi connectivity index (χ3n) is 6.22. The van der Waals surface area contributed by atoms with Gasteiger partial charge >= 0.3 is 0 Å². The molecule has 3 heterocycles. The second kappa shape index (κ2) is 9.58. The highest BCUT2D eigenvalue weighted by Crippen LogP contribution is 2.46. The SMILES string of the molecule is CCCCOc1c(OC)cccc1[C@@H]1CC(=O)Nc2c1c(C)nn2-c1nc2ccc(OC)cc2s1. The maximum absolute atomic E-state index is 12.9. The van der Waals surface area contributed by atoms with E-state index in [1.165, 1.54) is 11.3 Å². The van der Waals surface area contributed by atoms with Crippen molar-refractivity contribution < 1.29 is 19.0 Å². The van der Waals surface area contributed by atoms with Crippen LogP contribution in [0, 0.1) is 6.92 Å². The van der Waals surface area contributed by atoms with Gasteiger partial charge in [0.2, 0.25) is 11.0 Å². The smallest absolute Gasteiger partial charge is 0.226 e. The Morgan fingerprint density at radius 3 is 2.83 bits per heavy atom. The monoisotopic (exact) mass is 492 g/mol. The lowest BCUT2D eigenvalue weighted by atomic mass is 9.85. The zero-order valence-electron chi connectivity index (χ0n) is 20.3. The van der Waals surface area contributed by atoms with Crippen molar-refractivity contribution in [2.75, 3.05) is 26.1 Å². The van der Waals surface area contributed by atoms with E-state index in [9.17, 15) is 4.79 Å². The largest absolute Gasteiger partial charge is 0.497 e. The average Bonchev–Trinajstić information content (AvgIpc) is 3.43.